The summed E-state index contributed by atoms with van der Waals surface area (Å²) in [5.41, 5.74) is -0.771. The SMILES string of the molecule is CCNC(=O)CN(CC)c1cc(C(F)(F)F)ccn1. The molecule has 7 heteroatoms. The van der Waals surface area contributed by atoms with Gasteiger partial charge in [-0.25, -0.2) is 4.98 Å². The van der Waals surface area contributed by atoms with E-state index in [0.717, 1.165) is 18.3 Å². The number of anilines is 1. The lowest BCUT2D eigenvalue weighted by Gasteiger charge is -2.22. The Morgan fingerprint density at radius 3 is 2.63 bits per heavy atom. The van der Waals surface area contributed by atoms with Crippen LogP contribution in [-0.2, 0) is 11.0 Å². The topological polar surface area (TPSA) is 45.2 Å². The highest BCUT2D eigenvalue weighted by Gasteiger charge is 2.31. The summed E-state index contributed by atoms with van der Waals surface area (Å²) in [5.74, 6) is -0.105. The third-order valence-corrected chi connectivity index (χ3v) is 2.49. The van der Waals surface area contributed by atoms with Crippen LogP contribution >= 0.6 is 0 Å². The molecule has 0 aliphatic heterocycles. The van der Waals surface area contributed by atoms with Gasteiger partial charge in [0.2, 0.25) is 5.91 Å². The van der Waals surface area contributed by atoms with Crippen LogP contribution in [0.15, 0.2) is 18.3 Å². The van der Waals surface area contributed by atoms with E-state index >= 15 is 0 Å². The number of carbonyl (C=O) groups excluding carboxylic acids is 1. The number of pyridine rings is 1. The van der Waals surface area contributed by atoms with Crippen LogP contribution in [-0.4, -0.2) is 30.5 Å². The summed E-state index contributed by atoms with van der Waals surface area (Å²) < 4.78 is 37.8. The van der Waals surface area contributed by atoms with E-state index in [0.29, 0.717) is 13.1 Å². The highest BCUT2D eigenvalue weighted by atomic mass is 19.4. The Kier molecular flexibility index (Phi) is 5.14. The van der Waals surface area contributed by atoms with Gasteiger partial charge in [0.25, 0.3) is 0 Å². The Labute approximate surface area is 109 Å². The van der Waals surface area contributed by atoms with Crippen LogP contribution in [0.3, 0.4) is 0 Å². The molecule has 0 unspecified atom stereocenters. The molecule has 1 aromatic heterocycles. The molecule has 0 bridgehead atoms. The zero-order chi connectivity index (χ0) is 14.5. The predicted molar refractivity (Wildman–Crippen MR) is 65.8 cm³/mol. The maximum Gasteiger partial charge on any atom is 0.416 e. The summed E-state index contributed by atoms with van der Waals surface area (Å²) in [6.07, 6.45) is -3.32. The Morgan fingerprint density at radius 1 is 1.42 bits per heavy atom. The van der Waals surface area contributed by atoms with Gasteiger partial charge in [-0.2, -0.15) is 13.2 Å². The molecule has 106 valence electrons. The van der Waals surface area contributed by atoms with Crippen molar-refractivity contribution in [1.82, 2.24) is 10.3 Å². The smallest absolute Gasteiger partial charge is 0.355 e. The molecular weight excluding hydrogens is 259 g/mol. The summed E-state index contributed by atoms with van der Waals surface area (Å²) >= 11 is 0. The van der Waals surface area contributed by atoms with Gasteiger partial charge in [0.15, 0.2) is 0 Å². The van der Waals surface area contributed by atoms with Gasteiger partial charge < -0.3 is 10.2 Å². The largest absolute Gasteiger partial charge is 0.416 e. The van der Waals surface area contributed by atoms with Crippen molar-refractivity contribution in [2.45, 2.75) is 20.0 Å². The van der Waals surface area contributed by atoms with Crippen molar-refractivity contribution in [3.8, 4) is 0 Å². The Hall–Kier alpha value is -1.79. The molecule has 1 rings (SSSR count). The van der Waals surface area contributed by atoms with Gasteiger partial charge in [-0.1, -0.05) is 0 Å². The lowest BCUT2D eigenvalue weighted by atomic mass is 10.2. The van der Waals surface area contributed by atoms with Gasteiger partial charge in [-0.05, 0) is 26.0 Å². The summed E-state index contributed by atoms with van der Waals surface area (Å²) in [6.45, 7) is 4.38. The molecule has 0 aliphatic rings. The van der Waals surface area contributed by atoms with Crippen molar-refractivity contribution in [2.24, 2.45) is 0 Å². The normalized spacial score (nSPS) is 11.2. The fourth-order valence-corrected chi connectivity index (χ4v) is 1.55. The minimum atomic E-state index is -4.41. The van der Waals surface area contributed by atoms with Gasteiger partial charge in [-0.3, -0.25) is 4.79 Å². The fraction of sp³-hybridized carbons (Fsp3) is 0.500. The van der Waals surface area contributed by atoms with Crippen LogP contribution in [0.5, 0.6) is 0 Å². The van der Waals surface area contributed by atoms with Crippen LogP contribution in [0, 0.1) is 0 Å². The number of nitrogens with one attached hydrogen (secondary N) is 1. The second-order valence-electron chi connectivity index (χ2n) is 3.87. The number of hydrogen-bond acceptors (Lipinski definition) is 3. The first-order chi connectivity index (χ1) is 8.88. The summed E-state index contributed by atoms with van der Waals surface area (Å²) in [6, 6.07) is 1.85. The molecule has 0 fully saturated rings. The maximum atomic E-state index is 12.6. The van der Waals surface area contributed by atoms with Gasteiger partial charge in [0, 0.05) is 19.3 Å². The molecule has 1 amide bonds. The molecule has 1 aromatic rings. The third-order valence-electron chi connectivity index (χ3n) is 2.49. The number of likely N-dealkylation sites (N-methyl/N-ethyl adjacent to an activating group) is 2. The molecule has 1 heterocycles. The van der Waals surface area contributed by atoms with E-state index in [1.807, 2.05) is 0 Å². The van der Waals surface area contributed by atoms with Crippen LogP contribution in [0.25, 0.3) is 0 Å². The van der Waals surface area contributed by atoms with Crippen molar-refractivity contribution in [3.63, 3.8) is 0 Å². The van der Waals surface area contributed by atoms with Crippen molar-refractivity contribution < 1.29 is 18.0 Å². The summed E-state index contributed by atoms with van der Waals surface area (Å²) in [4.78, 5) is 16.8. The molecule has 0 saturated heterocycles. The third kappa shape index (κ3) is 4.42. The van der Waals surface area contributed by atoms with Gasteiger partial charge in [0.1, 0.15) is 5.82 Å². The monoisotopic (exact) mass is 275 g/mol. The minimum absolute atomic E-state index is 0.0152. The number of halogens is 3. The number of aromatic nitrogens is 1. The number of carbonyl (C=O) groups is 1. The van der Waals surface area contributed by atoms with E-state index in [1.54, 1.807) is 13.8 Å². The Morgan fingerprint density at radius 2 is 2.11 bits per heavy atom. The number of hydrogen-bond donors (Lipinski definition) is 1. The first kappa shape index (κ1) is 15.3. The predicted octanol–water partition coefficient (Wildman–Crippen LogP) is 2.06. The van der Waals surface area contributed by atoms with Gasteiger partial charge >= 0.3 is 6.18 Å². The van der Waals surface area contributed by atoms with Gasteiger partial charge in [0.05, 0.1) is 12.1 Å². The number of rotatable bonds is 5. The first-order valence-corrected chi connectivity index (χ1v) is 5.93. The second kappa shape index (κ2) is 6.40. The molecule has 0 aliphatic carbocycles. The van der Waals surface area contributed by atoms with E-state index in [2.05, 4.69) is 10.3 Å². The van der Waals surface area contributed by atoms with E-state index in [1.165, 1.54) is 4.90 Å². The highest BCUT2D eigenvalue weighted by molar-refractivity contribution is 5.80. The van der Waals surface area contributed by atoms with E-state index in [-0.39, 0.29) is 18.3 Å². The van der Waals surface area contributed by atoms with Crippen LogP contribution < -0.4 is 10.2 Å². The molecule has 19 heavy (non-hydrogen) atoms. The van der Waals surface area contributed by atoms with Crippen molar-refractivity contribution in [1.29, 1.82) is 0 Å². The van der Waals surface area contributed by atoms with Crippen LogP contribution in [0.4, 0.5) is 19.0 Å². The van der Waals surface area contributed by atoms with Crippen LogP contribution in [0.1, 0.15) is 19.4 Å². The molecule has 4 nitrogen and oxygen atoms in total. The molecule has 0 aromatic carbocycles. The van der Waals surface area contributed by atoms with Crippen molar-refractivity contribution in [2.75, 3.05) is 24.5 Å². The van der Waals surface area contributed by atoms with Gasteiger partial charge in [-0.15, -0.1) is 0 Å². The van der Waals surface area contributed by atoms with Crippen molar-refractivity contribution in [3.05, 3.63) is 23.9 Å². The average molecular weight is 275 g/mol. The van der Waals surface area contributed by atoms with E-state index < -0.39 is 11.7 Å². The maximum absolute atomic E-state index is 12.6. The Bertz CT molecular complexity index is 434. The standard InChI is InChI=1S/C12H16F3N3O/c1-3-16-11(19)8-18(4-2)10-7-9(5-6-17-10)12(13,14)15/h5-7H,3-4,8H2,1-2H3,(H,16,19). The number of amides is 1. The quantitative estimate of drug-likeness (QED) is 0.894. The highest BCUT2D eigenvalue weighted by Crippen LogP contribution is 2.30. The lowest BCUT2D eigenvalue weighted by molar-refractivity contribution is -0.137. The number of alkyl halides is 3. The first-order valence-electron chi connectivity index (χ1n) is 5.93. The van der Waals surface area contributed by atoms with E-state index in [4.69, 9.17) is 0 Å². The number of nitrogens with zero attached hydrogens (tertiary/aromatic N) is 2. The lowest BCUT2D eigenvalue weighted by Crippen LogP contribution is -2.37. The molecular formula is C12H16F3N3O. The van der Waals surface area contributed by atoms with Crippen molar-refractivity contribution >= 4 is 11.7 Å². The van der Waals surface area contributed by atoms with Crippen LogP contribution in [0.2, 0.25) is 0 Å². The molecule has 0 radical (unpaired) electrons. The molecule has 0 atom stereocenters. The van der Waals surface area contributed by atoms with E-state index in [9.17, 15) is 18.0 Å². The molecule has 1 N–H and O–H groups in total. The summed E-state index contributed by atoms with van der Waals surface area (Å²) in [5, 5.41) is 2.59. The average Bonchev–Trinajstić information content (AvgIpc) is 2.35. The zero-order valence-electron chi connectivity index (χ0n) is 10.8. The fourth-order valence-electron chi connectivity index (χ4n) is 1.55. The molecule has 0 spiro atoms. The second-order valence-corrected chi connectivity index (χ2v) is 3.87. The minimum Gasteiger partial charge on any atom is -0.355 e. The zero-order valence-corrected chi connectivity index (χ0v) is 10.8. The molecule has 0 saturated carbocycles. The Balaban J connectivity index is 2.90. The summed E-state index contributed by atoms with van der Waals surface area (Å²) in [7, 11) is 0.